The maximum absolute atomic E-state index is 11.8. The van der Waals surface area contributed by atoms with Gasteiger partial charge in [0.2, 0.25) is 11.9 Å². The molecule has 0 saturated carbocycles. The maximum Gasteiger partial charge on any atom is 0.321 e. The Balaban J connectivity index is 2.07. The molecule has 0 bridgehead atoms. The van der Waals surface area contributed by atoms with Gasteiger partial charge in [0, 0.05) is 42.8 Å². The summed E-state index contributed by atoms with van der Waals surface area (Å²) in [5, 5.41) is 8.29. The molecule has 0 aromatic carbocycles. The summed E-state index contributed by atoms with van der Waals surface area (Å²) in [5.74, 6) is 0.690. The van der Waals surface area contributed by atoms with Crippen molar-refractivity contribution in [2.75, 3.05) is 18.4 Å². The molecule has 0 unspecified atom stereocenters. The molecule has 0 aliphatic rings. The topological polar surface area (TPSA) is 120 Å². The first-order valence-electron chi connectivity index (χ1n) is 7.72. The lowest BCUT2D eigenvalue weighted by Gasteiger charge is -2.11. The number of guanidine groups is 1. The van der Waals surface area contributed by atoms with E-state index in [4.69, 9.17) is 0 Å². The number of rotatable bonds is 5. The van der Waals surface area contributed by atoms with Crippen LogP contribution in [0, 0.1) is 13.8 Å². The summed E-state index contributed by atoms with van der Waals surface area (Å²) < 4.78 is 0. The van der Waals surface area contributed by atoms with Gasteiger partial charge in [-0.25, -0.2) is 19.7 Å². The average molecular weight is 330 g/mol. The summed E-state index contributed by atoms with van der Waals surface area (Å²) in [6, 6.07) is 1.53. The van der Waals surface area contributed by atoms with E-state index in [0.29, 0.717) is 31.4 Å². The van der Waals surface area contributed by atoms with Gasteiger partial charge in [0.1, 0.15) is 0 Å². The molecule has 0 fully saturated rings. The number of aromatic amines is 1. The molecule has 0 spiro atoms. The number of nitrogens with zero attached hydrogens (tertiary/aromatic N) is 4. The summed E-state index contributed by atoms with van der Waals surface area (Å²) in [5.41, 5.74) is 2.64. The van der Waals surface area contributed by atoms with Crippen LogP contribution in [-0.4, -0.2) is 45.0 Å². The second-order valence-corrected chi connectivity index (χ2v) is 5.14. The van der Waals surface area contributed by atoms with Gasteiger partial charge in [0.15, 0.2) is 0 Å². The van der Waals surface area contributed by atoms with Crippen LogP contribution < -0.4 is 16.0 Å². The molecule has 0 atom stereocenters. The van der Waals surface area contributed by atoms with Crippen molar-refractivity contribution < 1.29 is 4.79 Å². The molecule has 9 nitrogen and oxygen atoms in total. The zero-order valence-corrected chi connectivity index (χ0v) is 14.1. The summed E-state index contributed by atoms with van der Waals surface area (Å²) in [4.78, 5) is 31.7. The molecule has 2 heterocycles. The fourth-order valence-electron chi connectivity index (χ4n) is 2.02. The Bertz CT molecular complexity index is 675. The maximum atomic E-state index is 11.8. The van der Waals surface area contributed by atoms with E-state index in [1.807, 2.05) is 26.8 Å². The highest BCUT2D eigenvalue weighted by Gasteiger charge is 2.08. The number of imidazole rings is 1. The molecular formula is C15H22N8O. The number of urea groups is 1. The number of carbonyl (C=O) groups excluding carboxylic acids is 1. The Hall–Kier alpha value is -2.97. The number of hydrogen-bond acceptors (Lipinski definition) is 5. The summed E-state index contributed by atoms with van der Waals surface area (Å²) >= 11 is 0. The van der Waals surface area contributed by atoms with Gasteiger partial charge < -0.3 is 10.3 Å². The molecular weight excluding hydrogens is 308 g/mol. The number of aryl methyl sites for hydroxylation is 2. The lowest BCUT2D eigenvalue weighted by Crippen LogP contribution is -2.43. The van der Waals surface area contributed by atoms with E-state index in [1.165, 1.54) is 0 Å². The molecule has 24 heavy (non-hydrogen) atoms. The van der Waals surface area contributed by atoms with Crippen molar-refractivity contribution in [3.8, 4) is 0 Å². The predicted octanol–water partition coefficient (Wildman–Crippen LogP) is 1.15. The van der Waals surface area contributed by atoms with Crippen LogP contribution in [0.25, 0.3) is 0 Å². The standard InChI is InChI=1S/C15H22N8O/c1-4-17-15(24)23-13(18-6-5-12-8-16-9-19-12)22-14-20-10(2)7-11(3)21-14/h7-9H,4-6H2,1-3H3,(H,16,19)(H3,17,18,20,21,22,23,24). The van der Waals surface area contributed by atoms with Crippen molar-refractivity contribution in [2.45, 2.75) is 27.2 Å². The average Bonchev–Trinajstić information content (AvgIpc) is 2.99. The fourth-order valence-corrected chi connectivity index (χ4v) is 2.02. The van der Waals surface area contributed by atoms with Crippen LogP contribution in [0.4, 0.5) is 10.7 Å². The highest BCUT2D eigenvalue weighted by atomic mass is 16.2. The Morgan fingerprint density at radius 1 is 1.29 bits per heavy atom. The number of carbonyl (C=O) groups is 1. The SMILES string of the molecule is CCNC(=O)NC(=NCCc1cnc[nH]1)Nc1nc(C)cc(C)n1. The van der Waals surface area contributed by atoms with E-state index in [0.717, 1.165) is 17.1 Å². The molecule has 9 heteroatoms. The molecule has 128 valence electrons. The Morgan fingerprint density at radius 3 is 2.67 bits per heavy atom. The zero-order chi connectivity index (χ0) is 17.4. The molecule has 2 aromatic rings. The van der Waals surface area contributed by atoms with Crippen LogP contribution >= 0.6 is 0 Å². The van der Waals surface area contributed by atoms with E-state index in [9.17, 15) is 4.79 Å². The van der Waals surface area contributed by atoms with Gasteiger partial charge >= 0.3 is 6.03 Å². The van der Waals surface area contributed by atoms with Gasteiger partial charge in [-0.3, -0.25) is 15.6 Å². The van der Waals surface area contributed by atoms with Gasteiger partial charge in [-0.15, -0.1) is 0 Å². The van der Waals surface area contributed by atoms with E-state index in [-0.39, 0.29) is 6.03 Å². The molecule has 0 aliphatic heterocycles. The lowest BCUT2D eigenvalue weighted by atomic mass is 10.3. The van der Waals surface area contributed by atoms with Crippen LogP contribution in [0.1, 0.15) is 24.0 Å². The second-order valence-electron chi connectivity index (χ2n) is 5.14. The lowest BCUT2D eigenvalue weighted by molar-refractivity contribution is 0.246. The van der Waals surface area contributed by atoms with Crippen LogP contribution in [0.5, 0.6) is 0 Å². The van der Waals surface area contributed by atoms with Gasteiger partial charge in [-0.05, 0) is 26.8 Å². The number of H-pyrrole nitrogens is 1. The minimum Gasteiger partial charge on any atom is -0.348 e. The van der Waals surface area contributed by atoms with Gasteiger partial charge in [-0.1, -0.05) is 0 Å². The van der Waals surface area contributed by atoms with Crippen molar-refractivity contribution in [3.63, 3.8) is 0 Å². The van der Waals surface area contributed by atoms with Crippen molar-refractivity contribution in [1.29, 1.82) is 0 Å². The smallest absolute Gasteiger partial charge is 0.321 e. The zero-order valence-electron chi connectivity index (χ0n) is 14.1. The van der Waals surface area contributed by atoms with Gasteiger partial charge in [-0.2, -0.15) is 0 Å². The van der Waals surface area contributed by atoms with E-state index in [1.54, 1.807) is 12.5 Å². The van der Waals surface area contributed by atoms with Crippen molar-refractivity contribution >= 4 is 17.9 Å². The molecule has 0 aliphatic carbocycles. The fraction of sp³-hybridized carbons (Fsp3) is 0.400. The third-order valence-corrected chi connectivity index (χ3v) is 2.99. The third kappa shape index (κ3) is 5.67. The summed E-state index contributed by atoms with van der Waals surface area (Å²) in [6.07, 6.45) is 4.04. The molecule has 4 N–H and O–H groups in total. The molecule has 2 aromatic heterocycles. The number of aromatic nitrogens is 4. The van der Waals surface area contributed by atoms with Crippen molar-refractivity contribution in [2.24, 2.45) is 4.99 Å². The number of amides is 2. The first-order chi connectivity index (χ1) is 11.6. The van der Waals surface area contributed by atoms with Crippen LogP contribution in [0.3, 0.4) is 0 Å². The minimum atomic E-state index is -0.338. The van der Waals surface area contributed by atoms with E-state index in [2.05, 4.69) is 40.9 Å². The number of aliphatic imine (C=N–C) groups is 1. The largest absolute Gasteiger partial charge is 0.348 e. The second kappa shape index (κ2) is 8.61. The monoisotopic (exact) mass is 330 g/mol. The summed E-state index contributed by atoms with van der Waals surface area (Å²) in [7, 11) is 0. The van der Waals surface area contributed by atoms with Crippen LogP contribution in [0.15, 0.2) is 23.6 Å². The third-order valence-electron chi connectivity index (χ3n) is 2.99. The van der Waals surface area contributed by atoms with E-state index < -0.39 is 0 Å². The normalized spacial score (nSPS) is 11.2. The minimum absolute atomic E-state index is 0.297. The molecule has 0 saturated heterocycles. The number of anilines is 1. The first kappa shape index (κ1) is 17.4. The van der Waals surface area contributed by atoms with Crippen LogP contribution in [0.2, 0.25) is 0 Å². The Labute approximate surface area is 140 Å². The highest BCUT2D eigenvalue weighted by molar-refractivity contribution is 6.02. The summed E-state index contributed by atoms with van der Waals surface area (Å²) in [6.45, 7) is 6.60. The molecule has 0 radical (unpaired) electrons. The predicted molar refractivity (Wildman–Crippen MR) is 91.9 cm³/mol. The van der Waals surface area contributed by atoms with Gasteiger partial charge in [0.05, 0.1) is 6.33 Å². The Kier molecular flexibility index (Phi) is 6.23. The van der Waals surface area contributed by atoms with Gasteiger partial charge in [0.25, 0.3) is 0 Å². The number of nitrogens with one attached hydrogen (secondary N) is 4. The highest BCUT2D eigenvalue weighted by Crippen LogP contribution is 2.03. The van der Waals surface area contributed by atoms with Crippen LogP contribution in [-0.2, 0) is 6.42 Å². The Morgan fingerprint density at radius 2 is 2.04 bits per heavy atom. The van der Waals surface area contributed by atoms with Crippen molar-refractivity contribution in [3.05, 3.63) is 35.7 Å². The number of hydrogen-bond donors (Lipinski definition) is 4. The van der Waals surface area contributed by atoms with E-state index >= 15 is 0 Å². The molecule has 2 rings (SSSR count). The molecule has 2 amide bonds. The van der Waals surface area contributed by atoms with Crippen molar-refractivity contribution in [1.82, 2.24) is 30.6 Å². The first-order valence-corrected chi connectivity index (χ1v) is 7.72. The quantitative estimate of drug-likeness (QED) is 0.484.